The molecule has 4 aliphatic rings. The molecule has 2 saturated carbocycles. The Bertz CT molecular complexity index is 884. The highest BCUT2D eigenvalue weighted by atomic mass is 16.1. The Labute approximate surface area is 168 Å². The minimum absolute atomic E-state index is 0.150. The Morgan fingerprint density at radius 2 is 2.00 bits per heavy atom. The van der Waals surface area contributed by atoms with Gasteiger partial charge in [0, 0.05) is 30.8 Å². The van der Waals surface area contributed by atoms with Crippen LogP contribution >= 0.6 is 0 Å². The van der Waals surface area contributed by atoms with Gasteiger partial charge in [0.1, 0.15) is 0 Å². The highest BCUT2D eigenvalue weighted by Crippen LogP contribution is 2.64. The lowest BCUT2D eigenvalue weighted by molar-refractivity contribution is -0.121. The molecular weight excluding hydrogens is 344 g/mol. The molecule has 1 N–H and O–H groups in total. The normalized spacial score (nSPS) is 39.7. The van der Waals surface area contributed by atoms with Crippen molar-refractivity contribution in [1.29, 1.82) is 0 Å². The fourth-order valence-corrected chi connectivity index (χ4v) is 7.10. The molecule has 0 bridgehead atoms. The molecule has 1 aromatic rings. The summed E-state index contributed by atoms with van der Waals surface area (Å²) >= 11 is 0. The minimum Gasteiger partial charge on any atom is -0.356 e. The first-order valence-corrected chi connectivity index (χ1v) is 11.0. The Kier molecular flexibility index (Phi) is 4.08. The smallest absolute Gasteiger partial charge is 0.220 e. The zero-order valence-electron chi connectivity index (χ0n) is 17.4. The summed E-state index contributed by atoms with van der Waals surface area (Å²) in [5.41, 5.74) is 6.21. The van der Waals surface area contributed by atoms with Gasteiger partial charge in [-0.1, -0.05) is 31.6 Å². The molecule has 3 heteroatoms. The van der Waals surface area contributed by atoms with E-state index >= 15 is 0 Å². The van der Waals surface area contributed by atoms with Crippen molar-refractivity contribution in [2.75, 3.05) is 6.54 Å². The van der Waals surface area contributed by atoms with Crippen LogP contribution < -0.4 is 5.32 Å². The Balaban J connectivity index is 1.48. The average Bonchev–Trinajstić information content (AvgIpc) is 2.95. The number of nitrogens with one attached hydrogen (secondary N) is 1. The summed E-state index contributed by atoms with van der Waals surface area (Å²) in [7, 11) is 0. The lowest BCUT2D eigenvalue weighted by Crippen LogP contribution is -2.49. The zero-order valence-corrected chi connectivity index (χ0v) is 17.4. The molecule has 1 saturated heterocycles. The molecule has 3 fully saturated rings. The quantitative estimate of drug-likeness (QED) is 0.743. The first kappa shape index (κ1) is 18.1. The molecule has 5 rings (SSSR count). The molecule has 1 aromatic heterocycles. The lowest BCUT2D eigenvalue weighted by Gasteiger charge is -2.56. The molecule has 1 aliphatic heterocycles. The summed E-state index contributed by atoms with van der Waals surface area (Å²) in [6, 6.07) is 2.13. The van der Waals surface area contributed by atoms with E-state index in [-0.39, 0.29) is 16.7 Å². The highest BCUT2D eigenvalue weighted by Gasteiger charge is 2.55. The van der Waals surface area contributed by atoms with Gasteiger partial charge in [0.15, 0.2) is 0 Å². The molecule has 2 heterocycles. The SMILES string of the molecule is Cc1ccncc1C1=CC=C2C3CCC4CNC(=O)CC[C@]4(C)C3CC[C@]12C. The van der Waals surface area contributed by atoms with E-state index < -0.39 is 0 Å². The monoisotopic (exact) mass is 376 g/mol. The number of amides is 1. The van der Waals surface area contributed by atoms with Crippen LogP contribution in [0.3, 0.4) is 0 Å². The maximum atomic E-state index is 12.1. The second kappa shape index (κ2) is 6.30. The van der Waals surface area contributed by atoms with Crippen LogP contribution in [-0.4, -0.2) is 17.4 Å². The Morgan fingerprint density at radius 3 is 2.82 bits per heavy atom. The number of aromatic nitrogens is 1. The second-order valence-corrected chi connectivity index (χ2v) is 10.1. The lowest BCUT2D eigenvalue weighted by atomic mass is 9.48. The van der Waals surface area contributed by atoms with Gasteiger partial charge in [0.05, 0.1) is 0 Å². The minimum atomic E-state index is 0.150. The van der Waals surface area contributed by atoms with E-state index in [0.29, 0.717) is 24.2 Å². The fourth-order valence-electron chi connectivity index (χ4n) is 7.10. The molecule has 0 aromatic carbocycles. The van der Waals surface area contributed by atoms with Crippen molar-refractivity contribution in [2.24, 2.45) is 28.6 Å². The average molecular weight is 377 g/mol. The Morgan fingerprint density at radius 1 is 1.14 bits per heavy atom. The first-order valence-electron chi connectivity index (χ1n) is 11.0. The summed E-state index contributed by atoms with van der Waals surface area (Å²) in [6.45, 7) is 8.04. The van der Waals surface area contributed by atoms with E-state index in [1.165, 1.54) is 42.4 Å². The molecule has 0 radical (unpaired) electrons. The van der Waals surface area contributed by atoms with Gasteiger partial charge >= 0.3 is 0 Å². The molecule has 3 nitrogen and oxygen atoms in total. The molecule has 28 heavy (non-hydrogen) atoms. The number of carbonyl (C=O) groups is 1. The van der Waals surface area contributed by atoms with Crippen molar-refractivity contribution >= 4 is 11.5 Å². The van der Waals surface area contributed by atoms with Crippen LogP contribution in [0.25, 0.3) is 5.57 Å². The van der Waals surface area contributed by atoms with Crippen LogP contribution in [0.1, 0.15) is 63.5 Å². The van der Waals surface area contributed by atoms with Crippen LogP contribution in [0, 0.1) is 35.5 Å². The van der Waals surface area contributed by atoms with E-state index in [2.05, 4.69) is 55.5 Å². The summed E-state index contributed by atoms with van der Waals surface area (Å²) in [5, 5.41) is 3.18. The molecule has 3 aliphatic carbocycles. The van der Waals surface area contributed by atoms with Gasteiger partial charge in [0.25, 0.3) is 0 Å². The van der Waals surface area contributed by atoms with Crippen LogP contribution in [0.5, 0.6) is 0 Å². The zero-order chi connectivity index (χ0) is 19.5. The molecule has 0 spiro atoms. The third-order valence-corrected chi connectivity index (χ3v) is 8.87. The van der Waals surface area contributed by atoms with Gasteiger partial charge in [-0.3, -0.25) is 9.78 Å². The summed E-state index contributed by atoms with van der Waals surface area (Å²) in [4.78, 5) is 16.5. The number of carbonyl (C=O) groups excluding carboxylic acids is 1. The summed E-state index contributed by atoms with van der Waals surface area (Å²) in [6.07, 6.45) is 15.5. The van der Waals surface area contributed by atoms with E-state index in [4.69, 9.17) is 0 Å². The number of rotatable bonds is 1. The van der Waals surface area contributed by atoms with Gasteiger partial charge in [-0.25, -0.2) is 0 Å². The van der Waals surface area contributed by atoms with Crippen molar-refractivity contribution in [3.05, 3.63) is 47.3 Å². The molecule has 3 unspecified atom stereocenters. The maximum Gasteiger partial charge on any atom is 0.220 e. The van der Waals surface area contributed by atoms with E-state index in [0.717, 1.165) is 13.0 Å². The summed E-state index contributed by atoms with van der Waals surface area (Å²) in [5.74, 6) is 2.27. The van der Waals surface area contributed by atoms with Gasteiger partial charge in [0.2, 0.25) is 5.91 Å². The van der Waals surface area contributed by atoms with Crippen LogP contribution in [0.15, 0.2) is 36.2 Å². The predicted octanol–water partition coefficient (Wildman–Crippen LogP) is 5.07. The maximum absolute atomic E-state index is 12.1. The van der Waals surface area contributed by atoms with Gasteiger partial charge in [-0.2, -0.15) is 0 Å². The van der Waals surface area contributed by atoms with Crippen molar-refractivity contribution in [2.45, 2.75) is 59.3 Å². The standard InChI is InChI=1S/C25H32N2O/c1-16-10-13-26-15-19(16)21-7-6-20-18-5-4-17-14-27-23(28)9-12-24(17,2)22(18)8-11-25(20,21)3/h6-7,10,13,15,17-18,22H,4-5,8-9,11-12,14H2,1-3H3,(H,27,28)/t17?,18?,22?,24-,25-/m0/s1. The van der Waals surface area contributed by atoms with Crippen LogP contribution in [0.4, 0.5) is 0 Å². The molecular formula is C25H32N2O. The molecule has 1 amide bonds. The molecule has 148 valence electrons. The van der Waals surface area contributed by atoms with Gasteiger partial charge in [-0.05, 0) is 85.0 Å². The van der Waals surface area contributed by atoms with Gasteiger partial charge in [-0.15, -0.1) is 0 Å². The predicted molar refractivity (Wildman–Crippen MR) is 112 cm³/mol. The number of pyridine rings is 1. The van der Waals surface area contributed by atoms with E-state index in [9.17, 15) is 4.79 Å². The van der Waals surface area contributed by atoms with Crippen molar-refractivity contribution in [3.63, 3.8) is 0 Å². The second-order valence-electron chi connectivity index (χ2n) is 10.1. The first-order chi connectivity index (χ1) is 13.4. The molecule has 5 atom stereocenters. The van der Waals surface area contributed by atoms with Crippen molar-refractivity contribution < 1.29 is 4.79 Å². The number of aryl methyl sites for hydroxylation is 1. The number of hydrogen-bond donors (Lipinski definition) is 1. The van der Waals surface area contributed by atoms with Crippen molar-refractivity contribution in [1.82, 2.24) is 10.3 Å². The largest absolute Gasteiger partial charge is 0.356 e. The topological polar surface area (TPSA) is 42.0 Å². The van der Waals surface area contributed by atoms with E-state index in [1.807, 2.05) is 6.20 Å². The fraction of sp³-hybridized carbons (Fsp3) is 0.600. The summed E-state index contributed by atoms with van der Waals surface area (Å²) < 4.78 is 0. The van der Waals surface area contributed by atoms with Gasteiger partial charge < -0.3 is 5.32 Å². The number of hydrogen-bond acceptors (Lipinski definition) is 2. The Hall–Kier alpha value is -1.90. The highest BCUT2D eigenvalue weighted by molar-refractivity contribution is 5.79. The van der Waals surface area contributed by atoms with Crippen LogP contribution in [0.2, 0.25) is 0 Å². The third-order valence-electron chi connectivity index (χ3n) is 8.87. The van der Waals surface area contributed by atoms with Crippen molar-refractivity contribution in [3.8, 4) is 0 Å². The van der Waals surface area contributed by atoms with E-state index in [1.54, 1.807) is 5.57 Å². The number of allylic oxidation sites excluding steroid dienone is 4. The number of nitrogens with zero attached hydrogens (tertiary/aromatic N) is 1. The van der Waals surface area contributed by atoms with Crippen LogP contribution in [-0.2, 0) is 4.79 Å². The number of fused-ring (bicyclic) bond motifs is 5. The third kappa shape index (κ3) is 2.47.